The molecular weight excluding hydrogens is 564 g/mol. The van der Waals surface area contributed by atoms with E-state index in [0.29, 0.717) is 48.2 Å². The minimum absolute atomic E-state index is 0.0698. The number of ether oxygens (including phenoxy) is 1. The summed E-state index contributed by atoms with van der Waals surface area (Å²) >= 11 is 0. The molecule has 0 bridgehead atoms. The van der Waals surface area contributed by atoms with Gasteiger partial charge in [0, 0.05) is 37.8 Å². The second-order valence-corrected chi connectivity index (χ2v) is 10.8. The standard InChI is InChI=1S/C29H35F6N5O2/c1-5-39(15-19-8-6-7-9-19)25-21(10-11-24-18(2)37-38(3)26(24)36-25)17-40(27(41)42-4)16-20-12-22(28(30,31)32)14-23(13-20)29(33,34)35/h10,12-14,19H,5-9,11,15-17H2,1-4H3. The van der Waals surface area contributed by atoms with Crippen molar-refractivity contribution in [3.05, 3.63) is 57.8 Å². The Hall–Kier alpha value is -3.51. The summed E-state index contributed by atoms with van der Waals surface area (Å²) in [5, 5.41) is 4.49. The van der Waals surface area contributed by atoms with Crippen LogP contribution in [-0.2, 0) is 37.1 Å². The van der Waals surface area contributed by atoms with Gasteiger partial charge in [0.1, 0.15) is 5.84 Å². The number of nitrogens with zero attached hydrogens (tertiary/aromatic N) is 5. The Kier molecular flexibility index (Phi) is 9.27. The number of aryl methyl sites for hydroxylation is 2. The summed E-state index contributed by atoms with van der Waals surface area (Å²) in [5.41, 5.74) is -0.893. The third-order valence-electron chi connectivity index (χ3n) is 7.81. The van der Waals surface area contributed by atoms with E-state index in [1.165, 1.54) is 0 Å². The predicted octanol–water partition coefficient (Wildman–Crippen LogP) is 7.06. The number of amides is 1. The number of fused-ring (bicyclic) bond motifs is 1. The van der Waals surface area contributed by atoms with Gasteiger partial charge in [-0.1, -0.05) is 18.9 Å². The van der Waals surface area contributed by atoms with Crippen LogP contribution < -0.4 is 0 Å². The van der Waals surface area contributed by atoms with E-state index in [0.717, 1.165) is 55.5 Å². The first-order valence-corrected chi connectivity index (χ1v) is 13.9. The fraction of sp³-hybridized carbons (Fsp3) is 0.552. The molecular formula is C29H35F6N5O2. The molecule has 1 aromatic carbocycles. The second-order valence-electron chi connectivity index (χ2n) is 10.8. The minimum atomic E-state index is -5.00. The number of allylic oxidation sites excluding steroid dienone is 1. The minimum Gasteiger partial charge on any atom is -0.453 e. The average Bonchev–Trinajstić information content (AvgIpc) is 3.47. The van der Waals surface area contributed by atoms with Crippen LogP contribution >= 0.6 is 0 Å². The number of halogens is 6. The number of hydrogen-bond donors (Lipinski definition) is 0. The Morgan fingerprint density at radius 2 is 1.67 bits per heavy atom. The summed E-state index contributed by atoms with van der Waals surface area (Å²) in [6.07, 6.45) is -4.08. The molecule has 1 saturated carbocycles. The van der Waals surface area contributed by atoms with Crippen molar-refractivity contribution in [2.75, 3.05) is 26.7 Å². The molecule has 0 N–H and O–H groups in total. The van der Waals surface area contributed by atoms with Crippen LogP contribution in [0, 0.1) is 12.8 Å². The Morgan fingerprint density at radius 1 is 1.05 bits per heavy atom. The maximum absolute atomic E-state index is 13.5. The lowest BCUT2D eigenvalue weighted by molar-refractivity contribution is -0.143. The molecule has 230 valence electrons. The topological polar surface area (TPSA) is 63.0 Å². The molecule has 0 saturated heterocycles. The molecule has 4 rings (SSSR count). The van der Waals surface area contributed by atoms with Crippen molar-refractivity contribution in [2.24, 2.45) is 18.0 Å². The van der Waals surface area contributed by atoms with Crippen molar-refractivity contribution in [2.45, 2.75) is 64.8 Å². The van der Waals surface area contributed by atoms with Gasteiger partial charge in [-0.25, -0.2) is 9.79 Å². The number of amidine groups is 1. The van der Waals surface area contributed by atoms with E-state index < -0.39 is 36.1 Å². The molecule has 42 heavy (non-hydrogen) atoms. The van der Waals surface area contributed by atoms with E-state index in [2.05, 4.69) is 10.00 Å². The molecule has 0 unspecified atom stereocenters. The van der Waals surface area contributed by atoms with Gasteiger partial charge in [-0.05, 0) is 62.8 Å². The maximum Gasteiger partial charge on any atom is 0.416 e. The van der Waals surface area contributed by atoms with Gasteiger partial charge in [0.2, 0.25) is 0 Å². The summed E-state index contributed by atoms with van der Waals surface area (Å²) in [6, 6.07) is 1.33. The fourth-order valence-corrected chi connectivity index (χ4v) is 5.69. The molecule has 7 nitrogen and oxygen atoms in total. The number of hydrogen-bond acceptors (Lipinski definition) is 5. The number of carbonyl (C=O) groups is 1. The zero-order valence-electron chi connectivity index (χ0n) is 24.1. The highest BCUT2D eigenvalue weighted by Crippen LogP contribution is 2.37. The second kappa shape index (κ2) is 12.4. The van der Waals surface area contributed by atoms with Crippen molar-refractivity contribution >= 4 is 17.7 Å². The van der Waals surface area contributed by atoms with E-state index in [9.17, 15) is 31.1 Å². The normalized spacial score (nSPS) is 16.0. The van der Waals surface area contributed by atoms with Crippen LogP contribution in [0.1, 0.15) is 60.6 Å². The Labute approximate surface area is 240 Å². The zero-order valence-corrected chi connectivity index (χ0v) is 24.1. The predicted molar refractivity (Wildman–Crippen MR) is 145 cm³/mol. The van der Waals surface area contributed by atoms with Gasteiger partial charge in [-0.2, -0.15) is 31.4 Å². The van der Waals surface area contributed by atoms with Crippen molar-refractivity contribution in [3.63, 3.8) is 0 Å². The molecule has 1 aliphatic heterocycles. The van der Waals surface area contributed by atoms with Crippen LogP contribution in [0.5, 0.6) is 0 Å². The van der Waals surface area contributed by atoms with Crippen LogP contribution in [-0.4, -0.2) is 58.3 Å². The largest absolute Gasteiger partial charge is 0.453 e. The lowest BCUT2D eigenvalue weighted by Crippen LogP contribution is -2.40. The first-order chi connectivity index (χ1) is 19.7. The third kappa shape index (κ3) is 7.09. The fourth-order valence-electron chi connectivity index (χ4n) is 5.69. The number of methoxy groups -OCH3 is 1. The Bertz CT molecular complexity index is 1320. The molecule has 1 aromatic heterocycles. The van der Waals surface area contributed by atoms with E-state index in [-0.39, 0.29) is 18.2 Å². The summed E-state index contributed by atoms with van der Waals surface area (Å²) in [4.78, 5) is 21.1. The van der Waals surface area contributed by atoms with Crippen LogP contribution in [0.4, 0.5) is 37.0 Å². The maximum atomic E-state index is 13.5. The van der Waals surface area contributed by atoms with Crippen molar-refractivity contribution in [1.82, 2.24) is 19.6 Å². The van der Waals surface area contributed by atoms with Gasteiger partial charge in [0.15, 0.2) is 5.82 Å². The average molecular weight is 600 g/mol. The van der Waals surface area contributed by atoms with Crippen molar-refractivity contribution in [3.8, 4) is 0 Å². The smallest absolute Gasteiger partial charge is 0.416 e. The Balaban J connectivity index is 1.73. The van der Waals surface area contributed by atoms with Gasteiger partial charge >= 0.3 is 18.4 Å². The Morgan fingerprint density at radius 3 is 2.21 bits per heavy atom. The van der Waals surface area contributed by atoms with Crippen LogP contribution in [0.25, 0.3) is 0 Å². The number of carbonyl (C=O) groups excluding carboxylic acids is 1. The number of alkyl halides is 6. The molecule has 2 aromatic rings. The monoisotopic (exact) mass is 599 g/mol. The van der Waals surface area contributed by atoms with Crippen molar-refractivity contribution < 1.29 is 35.9 Å². The quantitative estimate of drug-likeness (QED) is 0.320. The first kappa shape index (κ1) is 31.4. The van der Waals surface area contributed by atoms with Gasteiger partial charge in [-0.15, -0.1) is 0 Å². The SMILES string of the molecule is CCN(CC1CCCC1)C1=Nc2c(c(C)nn2C)CC=C1CN(Cc1cc(C(F)(F)F)cc(C(F)(F)F)c1)C(=O)OC. The summed E-state index contributed by atoms with van der Waals surface area (Å²) < 4.78 is 87.7. The highest BCUT2D eigenvalue weighted by Gasteiger charge is 2.37. The third-order valence-corrected chi connectivity index (χ3v) is 7.81. The zero-order chi connectivity index (χ0) is 30.8. The van der Waals surface area contributed by atoms with Crippen LogP contribution in [0.15, 0.2) is 34.8 Å². The van der Waals surface area contributed by atoms with Gasteiger partial charge in [0.05, 0.1) is 30.5 Å². The van der Waals surface area contributed by atoms with Gasteiger partial charge in [0.25, 0.3) is 0 Å². The molecule has 2 heterocycles. The van der Waals surface area contributed by atoms with E-state index >= 15 is 0 Å². The highest BCUT2D eigenvalue weighted by atomic mass is 19.4. The van der Waals surface area contributed by atoms with Crippen LogP contribution in [0.2, 0.25) is 0 Å². The number of benzene rings is 1. The molecule has 1 fully saturated rings. The first-order valence-electron chi connectivity index (χ1n) is 13.9. The number of rotatable bonds is 7. The van der Waals surface area contributed by atoms with Gasteiger partial charge in [-0.3, -0.25) is 9.58 Å². The molecule has 13 heteroatoms. The molecule has 2 aliphatic rings. The summed E-state index contributed by atoms with van der Waals surface area (Å²) in [7, 11) is 2.90. The number of aliphatic imine (C=N–C) groups is 1. The number of likely N-dealkylation sites (N-methyl/N-ethyl adjacent to an activating group) is 1. The summed E-state index contributed by atoms with van der Waals surface area (Å²) in [5.74, 6) is 1.73. The molecule has 0 radical (unpaired) electrons. The molecule has 1 aliphatic carbocycles. The van der Waals surface area contributed by atoms with E-state index in [4.69, 9.17) is 9.73 Å². The lowest BCUT2D eigenvalue weighted by Gasteiger charge is -2.31. The van der Waals surface area contributed by atoms with Gasteiger partial charge < -0.3 is 9.64 Å². The molecule has 0 atom stereocenters. The molecule has 1 amide bonds. The van der Waals surface area contributed by atoms with Crippen molar-refractivity contribution in [1.29, 1.82) is 0 Å². The van der Waals surface area contributed by atoms with Crippen LogP contribution in [0.3, 0.4) is 0 Å². The molecule has 0 spiro atoms. The number of aromatic nitrogens is 2. The van der Waals surface area contributed by atoms with E-state index in [1.807, 2.05) is 19.9 Å². The summed E-state index contributed by atoms with van der Waals surface area (Å²) in [6.45, 7) is 4.54. The highest BCUT2D eigenvalue weighted by molar-refractivity contribution is 6.01. The lowest BCUT2D eigenvalue weighted by atomic mass is 10.0. The van der Waals surface area contributed by atoms with E-state index in [1.54, 1.807) is 11.7 Å².